The minimum atomic E-state index is 0.0169. The predicted octanol–water partition coefficient (Wildman–Crippen LogP) is 4.35. The molecule has 0 radical (unpaired) electrons. The number of fused-ring (bicyclic) bond motifs is 2. The molecule has 1 aliphatic rings. The van der Waals surface area contributed by atoms with Gasteiger partial charge in [0, 0.05) is 23.8 Å². The molecule has 4 rings (SSSR count). The number of benzene rings is 1. The Balaban J connectivity index is 1.99. The lowest BCUT2D eigenvalue weighted by Crippen LogP contribution is -2.18. The fraction of sp³-hybridized carbons (Fsp3) is 0.350. The van der Waals surface area contributed by atoms with Crippen LogP contribution in [0, 0.1) is 18.3 Å². The van der Waals surface area contributed by atoms with Crippen molar-refractivity contribution in [3.8, 4) is 12.0 Å². The van der Waals surface area contributed by atoms with Gasteiger partial charge in [0.05, 0.1) is 28.9 Å². The summed E-state index contributed by atoms with van der Waals surface area (Å²) in [5.74, 6) is 0.652. The van der Waals surface area contributed by atoms with E-state index in [4.69, 9.17) is 14.7 Å². The van der Waals surface area contributed by atoms with Gasteiger partial charge < -0.3 is 4.74 Å². The number of thioether (sulfide) groups is 1. The molecule has 0 saturated heterocycles. The van der Waals surface area contributed by atoms with E-state index in [-0.39, 0.29) is 6.10 Å². The number of nitrogens with zero attached hydrogens (tertiary/aromatic N) is 4. The quantitative estimate of drug-likeness (QED) is 0.511. The van der Waals surface area contributed by atoms with Gasteiger partial charge in [-0.15, -0.1) is 11.8 Å². The Morgan fingerprint density at radius 1 is 1.35 bits per heavy atom. The Bertz CT molecular complexity index is 1030. The number of aromatic nitrogens is 3. The molecular formula is C20H20N4OS. The normalized spacial score (nSPS) is 16.5. The molecule has 0 unspecified atom stereocenters. The highest BCUT2D eigenvalue weighted by molar-refractivity contribution is 7.98. The standard InChI is InChI=1S/C20H20N4OS/c1-12-10-15-13(11-21)6-4-8-16(15)24(12)20-22-18-14(19(23-20)26-3)7-5-9-17(18)25-2/h4,6,8,10,17H,5,7,9H2,1-3H3/t17-/m0/s1. The van der Waals surface area contributed by atoms with E-state index < -0.39 is 0 Å². The van der Waals surface area contributed by atoms with Crippen LogP contribution in [0.25, 0.3) is 16.9 Å². The van der Waals surface area contributed by atoms with Gasteiger partial charge in [-0.1, -0.05) is 6.07 Å². The topological polar surface area (TPSA) is 63.7 Å². The molecule has 0 saturated carbocycles. The number of hydrogen-bond donors (Lipinski definition) is 0. The van der Waals surface area contributed by atoms with Crippen molar-refractivity contribution in [3.63, 3.8) is 0 Å². The molecule has 0 bridgehead atoms. The van der Waals surface area contributed by atoms with Crippen LogP contribution in [0.4, 0.5) is 0 Å². The van der Waals surface area contributed by atoms with E-state index in [0.717, 1.165) is 46.6 Å². The molecule has 1 aromatic carbocycles. The third-order valence-corrected chi connectivity index (χ3v) is 5.74. The second-order valence-corrected chi connectivity index (χ2v) is 7.28. The molecule has 6 heteroatoms. The van der Waals surface area contributed by atoms with Gasteiger partial charge in [0.1, 0.15) is 5.03 Å². The summed E-state index contributed by atoms with van der Waals surface area (Å²) in [6.07, 6.45) is 5.15. The second-order valence-electron chi connectivity index (χ2n) is 6.48. The first-order chi connectivity index (χ1) is 12.7. The number of methoxy groups -OCH3 is 1. The number of aryl methyl sites for hydroxylation is 1. The van der Waals surface area contributed by atoms with Gasteiger partial charge in [0.2, 0.25) is 5.95 Å². The molecule has 2 heterocycles. The Kier molecular flexibility index (Phi) is 4.43. The Morgan fingerprint density at radius 3 is 2.92 bits per heavy atom. The molecule has 0 N–H and O–H groups in total. The average molecular weight is 364 g/mol. The van der Waals surface area contributed by atoms with Crippen LogP contribution in [0.2, 0.25) is 0 Å². The SMILES string of the molecule is CO[C@H]1CCCc2c(SC)nc(-n3c(C)cc4c(C#N)cccc43)nc21. The summed E-state index contributed by atoms with van der Waals surface area (Å²) in [4.78, 5) is 9.77. The van der Waals surface area contributed by atoms with E-state index in [9.17, 15) is 5.26 Å². The number of nitriles is 1. The second kappa shape index (κ2) is 6.75. The van der Waals surface area contributed by atoms with E-state index in [1.807, 2.05) is 35.8 Å². The van der Waals surface area contributed by atoms with Crippen molar-refractivity contribution in [3.05, 3.63) is 46.8 Å². The van der Waals surface area contributed by atoms with Crippen LogP contribution in [0.1, 0.15) is 41.5 Å². The van der Waals surface area contributed by atoms with E-state index in [0.29, 0.717) is 11.5 Å². The maximum atomic E-state index is 9.40. The highest BCUT2D eigenvalue weighted by Gasteiger charge is 2.26. The smallest absolute Gasteiger partial charge is 0.235 e. The molecule has 0 fully saturated rings. The van der Waals surface area contributed by atoms with Crippen molar-refractivity contribution < 1.29 is 4.74 Å². The summed E-state index contributed by atoms with van der Waals surface area (Å²) < 4.78 is 7.73. The lowest BCUT2D eigenvalue weighted by molar-refractivity contribution is 0.0834. The average Bonchev–Trinajstić information content (AvgIpc) is 3.02. The summed E-state index contributed by atoms with van der Waals surface area (Å²) in [5.41, 5.74) is 4.86. The molecule has 0 spiro atoms. The van der Waals surface area contributed by atoms with Crippen molar-refractivity contribution in [2.45, 2.75) is 37.3 Å². The van der Waals surface area contributed by atoms with E-state index in [1.165, 1.54) is 5.56 Å². The zero-order valence-corrected chi connectivity index (χ0v) is 15.9. The monoisotopic (exact) mass is 364 g/mol. The molecule has 1 atom stereocenters. The van der Waals surface area contributed by atoms with Crippen molar-refractivity contribution >= 4 is 22.7 Å². The highest BCUT2D eigenvalue weighted by Crippen LogP contribution is 2.36. The van der Waals surface area contributed by atoms with Gasteiger partial charge in [-0.25, -0.2) is 9.97 Å². The molecule has 132 valence electrons. The zero-order valence-electron chi connectivity index (χ0n) is 15.1. The van der Waals surface area contributed by atoms with Crippen LogP contribution in [-0.2, 0) is 11.2 Å². The molecular weight excluding hydrogens is 344 g/mol. The lowest BCUT2D eigenvalue weighted by atomic mass is 9.95. The third-order valence-electron chi connectivity index (χ3n) is 5.02. The fourth-order valence-electron chi connectivity index (χ4n) is 3.79. The number of hydrogen-bond acceptors (Lipinski definition) is 5. The molecule has 5 nitrogen and oxygen atoms in total. The van der Waals surface area contributed by atoms with Crippen LogP contribution in [-0.4, -0.2) is 27.9 Å². The predicted molar refractivity (Wildman–Crippen MR) is 103 cm³/mol. The molecule has 26 heavy (non-hydrogen) atoms. The summed E-state index contributed by atoms with van der Waals surface area (Å²) >= 11 is 1.65. The minimum absolute atomic E-state index is 0.0169. The lowest BCUT2D eigenvalue weighted by Gasteiger charge is -2.25. The molecule has 0 aliphatic heterocycles. The van der Waals surface area contributed by atoms with Gasteiger partial charge >= 0.3 is 0 Å². The van der Waals surface area contributed by atoms with Gasteiger partial charge in [0.15, 0.2) is 0 Å². The van der Waals surface area contributed by atoms with Crippen molar-refractivity contribution in [1.82, 2.24) is 14.5 Å². The molecule has 2 aromatic heterocycles. The number of ether oxygens (including phenoxy) is 1. The Hall–Kier alpha value is -2.36. The summed E-state index contributed by atoms with van der Waals surface area (Å²) in [7, 11) is 1.75. The fourth-order valence-corrected chi connectivity index (χ4v) is 4.42. The van der Waals surface area contributed by atoms with Crippen molar-refractivity contribution in [1.29, 1.82) is 5.26 Å². The van der Waals surface area contributed by atoms with Crippen molar-refractivity contribution in [2.75, 3.05) is 13.4 Å². The molecule has 1 aliphatic carbocycles. The van der Waals surface area contributed by atoms with Crippen LogP contribution < -0.4 is 0 Å². The Labute approximate surface area is 157 Å². The maximum absolute atomic E-state index is 9.40. The van der Waals surface area contributed by atoms with E-state index >= 15 is 0 Å². The minimum Gasteiger partial charge on any atom is -0.375 e. The highest BCUT2D eigenvalue weighted by atomic mass is 32.2. The zero-order chi connectivity index (χ0) is 18.3. The molecule has 0 amide bonds. The first-order valence-corrected chi connectivity index (χ1v) is 9.89. The van der Waals surface area contributed by atoms with E-state index in [1.54, 1.807) is 18.9 Å². The van der Waals surface area contributed by atoms with Gasteiger partial charge in [-0.2, -0.15) is 5.26 Å². The van der Waals surface area contributed by atoms with Gasteiger partial charge in [-0.05, 0) is 50.6 Å². The van der Waals surface area contributed by atoms with Crippen LogP contribution in [0.3, 0.4) is 0 Å². The number of rotatable bonds is 3. The summed E-state index contributed by atoms with van der Waals surface area (Å²) in [6.45, 7) is 2.02. The third kappa shape index (κ3) is 2.59. The van der Waals surface area contributed by atoms with Gasteiger partial charge in [0.25, 0.3) is 0 Å². The van der Waals surface area contributed by atoms with Gasteiger partial charge in [-0.3, -0.25) is 4.57 Å². The summed E-state index contributed by atoms with van der Waals surface area (Å²) in [5, 5.41) is 11.4. The van der Waals surface area contributed by atoms with Crippen LogP contribution >= 0.6 is 11.8 Å². The first kappa shape index (κ1) is 17.1. The first-order valence-electron chi connectivity index (χ1n) is 8.67. The van der Waals surface area contributed by atoms with E-state index in [2.05, 4.69) is 12.3 Å². The van der Waals surface area contributed by atoms with Crippen LogP contribution in [0.15, 0.2) is 29.3 Å². The Morgan fingerprint density at radius 2 is 2.19 bits per heavy atom. The van der Waals surface area contributed by atoms with Crippen LogP contribution in [0.5, 0.6) is 0 Å². The van der Waals surface area contributed by atoms with Crippen molar-refractivity contribution in [2.24, 2.45) is 0 Å². The maximum Gasteiger partial charge on any atom is 0.235 e. The summed E-state index contributed by atoms with van der Waals surface area (Å²) in [6, 6.07) is 10.1. The largest absolute Gasteiger partial charge is 0.375 e. The molecule has 3 aromatic rings.